The summed E-state index contributed by atoms with van der Waals surface area (Å²) in [5, 5.41) is 0. The van der Waals surface area contributed by atoms with E-state index in [0.717, 1.165) is 12.3 Å². The molecule has 0 N–H and O–H groups in total. The van der Waals surface area contributed by atoms with E-state index in [4.69, 9.17) is 4.74 Å². The summed E-state index contributed by atoms with van der Waals surface area (Å²) >= 11 is 0. The van der Waals surface area contributed by atoms with E-state index in [0.29, 0.717) is 13.0 Å². The van der Waals surface area contributed by atoms with Gasteiger partial charge in [-0.2, -0.15) is 8.78 Å². The van der Waals surface area contributed by atoms with E-state index in [-0.39, 0.29) is 5.75 Å². The number of halogens is 4. The maximum absolute atomic E-state index is 12.8. The molecule has 3 nitrogen and oxygen atoms in total. The first-order valence-corrected chi connectivity index (χ1v) is 5.18. The lowest BCUT2D eigenvalue weighted by Gasteiger charge is -2.14. The van der Waals surface area contributed by atoms with Crippen LogP contribution in [0.15, 0.2) is 18.5 Å². The molecule has 0 spiro atoms. The molecule has 1 aromatic rings. The van der Waals surface area contributed by atoms with Crippen molar-refractivity contribution in [2.24, 2.45) is 0 Å². The van der Waals surface area contributed by atoms with Crippen LogP contribution < -0.4 is 4.74 Å². The average Bonchev–Trinajstić information content (AvgIpc) is 2.35. The number of ether oxygens (including phenoxy) is 1. The van der Waals surface area contributed by atoms with Crippen LogP contribution in [-0.4, -0.2) is 29.7 Å². The zero-order valence-electron chi connectivity index (χ0n) is 9.50. The van der Waals surface area contributed by atoms with Crippen molar-refractivity contribution >= 4 is 5.78 Å². The van der Waals surface area contributed by atoms with Crippen LogP contribution in [0.5, 0.6) is 5.75 Å². The molecule has 0 aromatic carbocycles. The van der Waals surface area contributed by atoms with Crippen molar-refractivity contribution in [3.05, 3.63) is 24.0 Å². The lowest BCUT2D eigenvalue weighted by molar-refractivity contribution is -0.0958. The van der Waals surface area contributed by atoms with Gasteiger partial charge in [-0.15, -0.1) is 0 Å². The first-order valence-electron chi connectivity index (χ1n) is 5.18. The van der Waals surface area contributed by atoms with Crippen LogP contribution in [0, 0.1) is 0 Å². The number of ketones is 1. The number of hydrogen-bond acceptors (Lipinski definition) is 3. The zero-order chi connectivity index (χ0) is 13.8. The fraction of sp³-hybridized carbons (Fsp3) is 0.455. The van der Waals surface area contributed by atoms with Crippen molar-refractivity contribution in [2.45, 2.75) is 25.7 Å². The molecule has 7 heteroatoms. The third-order valence-corrected chi connectivity index (χ3v) is 2.03. The standard InChI is InChI=1S/C11H11F4NO2/c1-2-3-18-8-4-7(5-16-6-8)9(17)11(14,15)10(12)13/h4-6,10H,2-3H2,1H3. The number of carbonyl (C=O) groups is 1. The van der Waals surface area contributed by atoms with Gasteiger partial charge in [-0.1, -0.05) is 6.92 Å². The summed E-state index contributed by atoms with van der Waals surface area (Å²) in [5.74, 6) is -6.59. The molecular weight excluding hydrogens is 254 g/mol. The van der Waals surface area contributed by atoms with Crippen LogP contribution in [0.1, 0.15) is 23.7 Å². The number of pyridine rings is 1. The molecule has 0 aliphatic carbocycles. The zero-order valence-corrected chi connectivity index (χ0v) is 9.50. The summed E-state index contributed by atoms with van der Waals surface area (Å²) in [6, 6.07) is 0.973. The normalized spacial score (nSPS) is 11.7. The average molecular weight is 265 g/mol. The van der Waals surface area contributed by atoms with Gasteiger partial charge in [0.25, 0.3) is 0 Å². The summed E-state index contributed by atoms with van der Waals surface area (Å²) < 4.78 is 54.8. The van der Waals surface area contributed by atoms with Gasteiger partial charge >= 0.3 is 12.3 Å². The summed E-state index contributed by atoms with van der Waals surface area (Å²) in [7, 11) is 0. The van der Waals surface area contributed by atoms with Gasteiger partial charge in [0.2, 0.25) is 5.78 Å². The Bertz CT molecular complexity index is 423. The minimum atomic E-state index is -4.72. The predicted octanol–water partition coefficient (Wildman–Crippen LogP) is 2.95. The highest BCUT2D eigenvalue weighted by atomic mass is 19.3. The van der Waals surface area contributed by atoms with Crippen LogP contribution in [0.4, 0.5) is 17.6 Å². The fourth-order valence-electron chi connectivity index (χ4n) is 1.13. The minimum absolute atomic E-state index is 0.0905. The largest absolute Gasteiger partial charge is 0.492 e. The van der Waals surface area contributed by atoms with Gasteiger partial charge in [0.05, 0.1) is 12.8 Å². The second kappa shape index (κ2) is 5.79. The van der Waals surface area contributed by atoms with Crippen LogP contribution >= 0.6 is 0 Å². The van der Waals surface area contributed by atoms with Gasteiger partial charge in [-0.05, 0) is 12.5 Å². The van der Waals surface area contributed by atoms with E-state index in [1.807, 2.05) is 6.92 Å². The van der Waals surface area contributed by atoms with Gasteiger partial charge in [0.1, 0.15) is 5.75 Å². The van der Waals surface area contributed by atoms with Crippen LogP contribution in [0.25, 0.3) is 0 Å². The van der Waals surface area contributed by atoms with Crippen molar-refractivity contribution in [1.29, 1.82) is 0 Å². The Morgan fingerprint density at radius 3 is 2.67 bits per heavy atom. The van der Waals surface area contributed by atoms with Crippen molar-refractivity contribution < 1.29 is 27.1 Å². The Kier molecular flexibility index (Phi) is 4.63. The Labute approximate surface area is 101 Å². The number of nitrogens with zero attached hydrogens (tertiary/aromatic N) is 1. The summed E-state index contributed by atoms with van der Waals surface area (Å²) in [6.45, 7) is 2.14. The fourth-order valence-corrected chi connectivity index (χ4v) is 1.13. The van der Waals surface area contributed by atoms with Crippen LogP contribution in [0.3, 0.4) is 0 Å². The van der Waals surface area contributed by atoms with Crippen LogP contribution in [-0.2, 0) is 0 Å². The molecule has 1 rings (SSSR count). The molecule has 0 radical (unpaired) electrons. The quantitative estimate of drug-likeness (QED) is 0.586. The van der Waals surface area contributed by atoms with Crippen LogP contribution in [0.2, 0.25) is 0 Å². The SMILES string of the molecule is CCCOc1cncc(C(=O)C(F)(F)C(F)F)c1. The highest BCUT2D eigenvalue weighted by molar-refractivity contribution is 6.01. The van der Waals surface area contributed by atoms with E-state index >= 15 is 0 Å². The van der Waals surface area contributed by atoms with E-state index in [2.05, 4.69) is 4.98 Å². The second-order valence-electron chi connectivity index (χ2n) is 3.51. The number of carbonyl (C=O) groups excluding carboxylic acids is 1. The third kappa shape index (κ3) is 3.18. The number of rotatable bonds is 6. The molecule has 18 heavy (non-hydrogen) atoms. The molecular formula is C11H11F4NO2. The van der Waals surface area contributed by atoms with Crippen molar-refractivity contribution in [1.82, 2.24) is 4.98 Å². The minimum Gasteiger partial charge on any atom is -0.492 e. The van der Waals surface area contributed by atoms with Crippen molar-refractivity contribution in [3.8, 4) is 5.75 Å². The first-order chi connectivity index (χ1) is 8.39. The molecule has 0 bridgehead atoms. The Morgan fingerprint density at radius 1 is 1.44 bits per heavy atom. The predicted molar refractivity (Wildman–Crippen MR) is 55.3 cm³/mol. The van der Waals surface area contributed by atoms with Gasteiger partial charge in [0.15, 0.2) is 0 Å². The molecule has 0 fully saturated rings. The Hall–Kier alpha value is -1.66. The molecule has 1 aromatic heterocycles. The summed E-state index contributed by atoms with van der Waals surface area (Å²) in [6.07, 6.45) is -1.36. The highest BCUT2D eigenvalue weighted by Crippen LogP contribution is 2.28. The number of Topliss-reactive ketones (excluding diaryl/α,β-unsaturated/α-hetero) is 1. The molecule has 0 amide bonds. The number of aromatic nitrogens is 1. The molecule has 0 aliphatic heterocycles. The van der Waals surface area contributed by atoms with Crippen molar-refractivity contribution in [2.75, 3.05) is 6.61 Å². The van der Waals surface area contributed by atoms with Gasteiger partial charge in [0, 0.05) is 11.8 Å². The topological polar surface area (TPSA) is 39.2 Å². The number of hydrogen-bond donors (Lipinski definition) is 0. The lowest BCUT2D eigenvalue weighted by atomic mass is 10.1. The maximum atomic E-state index is 12.8. The molecule has 0 saturated carbocycles. The van der Waals surface area contributed by atoms with Gasteiger partial charge in [-0.25, -0.2) is 8.78 Å². The maximum Gasteiger partial charge on any atom is 0.368 e. The first kappa shape index (κ1) is 14.4. The molecule has 100 valence electrons. The van der Waals surface area contributed by atoms with E-state index in [9.17, 15) is 22.4 Å². The Balaban J connectivity index is 2.93. The van der Waals surface area contributed by atoms with Crippen molar-refractivity contribution in [3.63, 3.8) is 0 Å². The summed E-state index contributed by atoms with van der Waals surface area (Å²) in [5.41, 5.74) is -0.603. The third-order valence-electron chi connectivity index (χ3n) is 2.03. The van der Waals surface area contributed by atoms with E-state index < -0.39 is 23.7 Å². The second-order valence-corrected chi connectivity index (χ2v) is 3.51. The molecule has 0 unspecified atom stereocenters. The van der Waals surface area contributed by atoms with Gasteiger partial charge in [-0.3, -0.25) is 9.78 Å². The van der Waals surface area contributed by atoms with E-state index in [1.165, 1.54) is 6.20 Å². The summed E-state index contributed by atoms with van der Waals surface area (Å²) in [4.78, 5) is 14.7. The molecule has 0 saturated heterocycles. The monoisotopic (exact) mass is 265 g/mol. The number of alkyl halides is 4. The Morgan fingerprint density at radius 2 is 2.11 bits per heavy atom. The van der Waals surface area contributed by atoms with E-state index in [1.54, 1.807) is 0 Å². The lowest BCUT2D eigenvalue weighted by Crippen LogP contribution is -2.36. The molecule has 0 atom stereocenters. The molecule has 1 heterocycles. The molecule has 0 aliphatic rings. The highest BCUT2D eigenvalue weighted by Gasteiger charge is 2.49. The van der Waals surface area contributed by atoms with Gasteiger partial charge < -0.3 is 4.74 Å². The smallest absolute Gasteiger partial charge is 0.368 e.